The summed E-state index contributed by atoms with van der Waals surface area (Å²) in [6.45, 7) is 13.2. The smallest absolute Gasteiger partial charge is 0.185 e. The second-order valence-electron chi connectivity index (χ2n) is 5.54. The first kappa shape index (κ1) is 14.8. The summed E-state index contributed by atoms with van der Waals surface area (Å²) < 4.78 is 0. The highest BCUT2D eigenvalue weighted by molar-refractivity contribution is 7.15. The van der Waals surface area contributed by atoms with Crippen molar-refractivity contribution in [2.75, 3.05) is 31.1 Å². The zero-order valence-corrected chi connectivity index (χ0v) is 13.2. The molecular formula is C14H25N3OS. The number of aliphatic hydroxyl groups is 1. The monoisotopic (exact) mass is 283 g/mol. The molecule has 108 valence electrons. The standard InChI is InChI=1S/C14H25N3OS/c1-5-16-6-7-17(8-11(16)4)14-15-13(10(2)3)12(9-18)19-14/h10-11,18H,5-9H2,1-4H3. The van der Waals surface area contributed by atoms with Crippen molar-refractivity contribution in [2.24, 2.45) is 0 Å². The highest BCUT2D eigenvalue weighted by Gasteiger charge is 2.25. The highest BCUT2D eigenvalue weighted by Crippen LogP contribution is 2.31. The summed E-state index contributed by atoms with van der Waals surface area (Å²) in [5.74, 6) is 0.376. The van der Waals surface area contributed by atoms with E-state index in [1.807, 2.05) is 0 Å². The number of hydrogen-bond donors (Lipinski definition) is 1. The molecule has 19 heavy (non-hydrogen) atoms. The van der Waals surface area contributed by atoms with Crippen LogP contribution in [0, 0.1) is 0 Å². The van der Waals surface area contributed by atoms with E-state index in [2.05, 4.69) is 37.5 Å². The van der Waals surface area contributed by atoms with E-state index in [1.54, 1.807) is 11.3 Å². The Kier molecular flexibility index (Phi) is 4.81. The van der Waals surface area contributed by atoms with Gasteiger partial charge in [0.25, 0.3) is 0 Å². The second kappa shape index (κ2) is 6.20. The Balaban J connectivity index is 2.14. The molecule has 1 aromatic heterocycles. The second-order valence-corrected chi connectivity index (χ2v) is 6.60. The number of anilines is 1. The van der Waals surface area contributed by atoms with Gasteiger partial charge in [0.1, 0.15) is 0 Å². The lowest BCUT2D eigenvalue weighted by molar-refractivity contribution is 0.199. The Morgan fingerprint density at radius 1 is 1.42 bits per heavy atom. The number of thiazole rings is 1. The number of aliphatic hydroxyl groups excluding tert-OH is 1. The molecule has 0 saturated carbocycles. The lowest BCUT2D eigenvalue weighted by atomic mass is 10.1. The first-order valence-corrected chi connectivity index (χ1v) is 7.97. The maximum atomic E-state index is 9.45. The van der Waals surface area contributed by atoms with Crippen molar-refractivity contribution in [2.45, 2.75) is 46.3 Å². The molecule has 1 atom stereocenters. The Hall–Kier alpha value is -0.650. The molecule has 0 amide bonds. The van der Waals surface area contributed by atoms with Gasteiger partial charge in [-0.2, -0.15) is 0 Å². The molecule has 0 spiro atoms. The fraction of sp³-hybridized carbons (Fsp3) is 0.786. The van der Waals surface area contributed by atoms with Gasteiger partial charge in [-0.25, -0.2) is 4.98 Å². The van der Waals surface area contributed by atoms with E-state index < -0.39 is 0 Å². The van der Waals surface area contributed by atoms with Gasteiger partial charge in [-0.3, -0.25) is 4.90 Å². The zero-order chi connectivity index (χ0) is 14.0. The van der Waals surface area contributed by atoms with Gasteiger partial charge >= 0.3 is 0 Å². The van der Waals surface area contributed by atoms with Crippen LogP contribution in [-0.4, -0.2) is 47.2 Å². The molecule has 2 heterocycles. The maximum absolute atomic E-state index is 9.45. The molecule has 0 radical (unpaired) electrons. The van der Waals surface area contributed by atoms with Crippen LogP contribution in [0.1, 0.15) is 44.2 Å². The van der Waals surface area contributed by atoms with Crippen LogP contribution in [0.3, 0.4) is 0 Å². The third-order valence-electron chi connectivity index (χ3n) is 3.85. The van der Waals surface area contributed by atoms with Gasteiger partial charge in [-0.05, 0) is 19.4 Å². The van der Waals surface area contributed by atoms with Gasteiger partial charge in [0.05, 0.1) is 17.2 Å². The van der Waals surface area contributed by atoms with E-state index in [0.29, 0.717) is 12.0 Å². The Morgan fingerprint density at radius 3 is 2.63 bits per heavy atom. The fourth-order valence-electron chi connectivity index (χ4n) is 2.69. The van der Waals surface area contributed by atoms with E-state index in [4.69, 9.17) is 4.98 Å². The Labute approximate surface area is 120 Å². The summed E-state index contributed by atoms with van der Waals surface area (Å²) in [5, 5.41) is 10.5. The van der Waals surface area contributed by atoms with Gasteiger partial charge in [-0.15, -0.1) is 0 Å². The first-order chi connectivity index (χ1) is 9.06. The number of hydrogen-bond acceptors (Lipinski definition) is 5. The molecule has 0 aliphatic carbocycles. The Bertz CT molecular complexity index is 419. The van der Waals surface area contributed by atoms with Crippen molar-refractivity contribution in [3.8, 4) is 0 Å². The molecule has 5 heteroatoms. The van der Waals surface area contributed by atoms with Gasteiger partial charge in [-0.1, -0.05) is 32.1 Å². The number of likely N-dealkylation sites (N-methyl/N-ethyl adjacent to an activating group) is 1. The van der Waals surface area contributed by atoms with Gasteiger partial charge < -0.3 is 10.0 Å². The largest absolute Gasteiger partial charge is 0.391 e. The van der Waals surface area contributed by atoms with Crippen molar-refractivity contribution >= 4 is 16.5 Å². The third kappa shape index (κ3) is 3.09. The van der Waals surface area contributed by atoms with Gasteiger partial charge in [0.15, 0.2) is 5.13 Å². The Morgan fingerprint density at radius 2 is 2.16 bits per heavy atom. The lowest BCUT2D eigenvalue weighted by Gasteiger charge is -2.39. The quantitative estimate of drug-likeness (QED) is 0.920. The predicted octanol–water partition coefficient (Wildman–Crippen LogP) is 2.29. The number of piperazine rings is 1. The molecule has 1 aromatic rings. The van der Waals surface area contributed by atoms with Crippen molar-refractivity contribution < 1.29 is 5.11 Å². The zero-order valence-electron chi connectivity index (χ0n) is 12.4. The van der Waals surface area contributed by atoms with Gasteiger partial charge in [0, 0.05) is 25.7 Å². The minimum absolute atomic E-state index is 0.107. The van der Waals surface area contributed by atoms with Crippen LogP contribution in [0.4, 0.5) is 5.13 Å². The fourth-order valence-corrected chi connectivity index (χ4v) is 3.80. The maximum Gasteiger partial charge on any atom is 0.185 e. The highest BCUT2D eigenvalue weighted by atomic mass is 32.1. The molecular weight excluding hydrogens is 258 g/mol. The van der Waals surface area contributed by atoms with Crippen LogP contribution >= 0.6 is 11.3 Å². The predicted molar refractivity (Wildman–Crippen MR) is 81.0 cm³/mol. The van der Waals surface area contributed by atoms with Crippen molar-refractivity contribution in [3.05, 3.63) is 10.6 Å². The van der Waals surface area contributed by atoms with Crippen LogP contribution in [0.2, 0.25) is 0 Å². The summed E-state index contributed by atoms with van der Waals surface area (Å²) in [6, 6.07) is 0.572. The molecule has 1 fully saturated rings. The SMILES string of the molecule is CCN1CCN(c2nc(C(C)C)c(CO)s2)CC1C. The molecule has 1 saturated heterocycles. The summed E-state index contributed by atoms with van der Waals surface area (Å²) in [7, 11) is 0. The summed E-state index contributed by atoms with van der Waals surface area (Å²) >= 11 is 1.65. The summed E-state index contributed by atoms with van der Waals surface area (Å²) in [4.78, 5) is 10.6. The number of aromatic nitrogens is 1. The van der Waals surface area contributed by atoms with E-state index in [0.717, 1.165) is 41.9 Å². The van der Waals surface area contributed by atoms with Crippen LogP contribution in [0.5, 0.6) is 0 Å². The number of rotatable bonds is 4. The third-order valence-corrected chi connectivity index (χ3v) is 4.97. The molecule has 0 bridgehead atoms. The molecule has 4 nitrogen and oxygen atoms in total. The molecule has 1 N–H and O–H groups in total. The van der Waals surface area contributed by atoms with E-state index in [-0.39, 0.29) is 6.61 Å². The van der Waals surface area contributed by atoms with Crippen LogP contribution in [0.15, 0.2) is 0 Å². The van der Waals surface area contributed by atoms with Gasteiger partial charge in [0.2, 0.25) is 0 Å². The minimum atomic E-state index is 0.107. The van der Waals surface area contributed by atoms with E-state index in [9.17, 15) is 5.11 Å². The van der Waals surface area contributed by atoms with Crippen LogP contribution in [-0.2, 0) is 6.61 Å². The van der Waals surface area contributed by atoms with Crippen molar-refractivity contribution in [3.63, 3.8) is 0 Å². The number of nitrogens with zero attached hydrogens (tertiary/aromatic N) is 3. The lowest BCUT2D eigenvalue weighted by Crippen LogP contribution is -2.51. The molecule has 1 unspecified atom stereocenters. The molecule has 0 aromatic carbocycles. The first-order valence-electron chi connectivity index (χ1n) is 7.16. The van der Waals surface area contributed by atoms with Crippen molar-refractivity contribution in [1.29, 1.82) is 0 Å². The summed E-state index contributed by atoms with van der Waals surface area (Å²) in [6.07, 6.45) is 0. The summed E-state index contributed by atoms with van der Waals surface area (Å²) in [5.41, 5.74) is 1.06. The normalized spacial score (nSPS) is 21.4. The topological polar surface area (TPSA) is 39.6 Å². The molecule has 2 rings (SSSR count). The average Bonchev–Trinajstić information content (AvgIpc) is 2.83. The molecule has 1 aliphatic heterocycles. The van der Waals surface area contributed by atoms with E-state index >= 15 is 0 Å². The molecule has 1 aliphatic rings. The van der Waals surface area contributed by atoms with Crippen LogP contribution in [0.25, 0.3) is 0 Å². The van der Waals surface area contributed by atoms with E-state index in [1.165, 1.54) is 0 Å². The average molecular weight is 283 g/mol. The minimum Gasteiger partial charge on any atom is -0.391 e. The van der Waals surface area contributed by atoms with Crippen molar-refractivity contribution in [1.82, 2.24) is 9.88 Å². The van der Waals surface area contributed by atoms with Crippen LogP contribution < -0.4 is 4.90 Å².